The average Bonchev–Trinajstić information content (AvgIpc) is 3.20. The van der Waals surface area contributed by atoms with Crippen LogP contribution in [0.4, 0.5) is 5.82 Å². The number of aliphatic hydroxyl groups is 2. The Labute approximate surface area is 192 Å². The number of nitrogens with one attached hydrogen (secondary N) is 1. The lowest BCUT2D eigenvalue weighted by atomic mass is 10.1. The van der Waals surface area contributed by atoms with Gasteiger partial charge < -0.3 is 25.2 Å². The molecule has 1 aliphatic heterocycles. The van der Waals surface area contributed by atoms with Crippen LogP contribution in [-0.2, 0) is 0 Å². The molecule has 166 valence electrons. The molecule has 1 aliphatic rings. The van der Waals surface area contributed by atoms with Crippen molar-refractivity contribution >= 4 is 36.1 Å². The van der Waals surface area contributed by atoms with Crippen molar-refractivity contribution in [2.75, 3.05) is 44.3 Å². The summed E-state index contributed by atoms with van der Waals surface area (Å²) in [6, 6.07) is 7.91. The molecule has 0 spiro atoms. The molecular weight excluding hydrogens is 443 g/mol. The fourth-order valence-electron chi connectivity index (χ4n) is 3.35. The second-order valence-electron chi connectivity index (χ2n) is 6.84. The predicted octanol–water partition coefficient (Wildman–Crippen LogP) is 1.25. The van der Waals surface area contributed by atoms with E-state index in [0.717, 1.165) is 43.1 Å². The number of nitriles is 1. The van der Waals surface area contributed by atoms with Crippen LogP contribution in [0.3, 0.4) is 0 Å². The van der Waals surface area contributed by atoms with Gasteiger partial charge in [0, 0.05) is 43.5 Å². The number of piperazine rings is 1. The summed E-state index contributed by atoms with van der Waals surface area (Å²) >= 11 is 0. The first-order valence-electron chi connectivity index (χ1n) is 9.45. The van der Waals surface area contributed by atoms with Crippen molar-refractivity contribution in [3.63, 3.8) is 0 Å². The Balaban J connectivity index is 0.00000171. The van der Waals surface area contributed by atoms with Gasteiger partial charge in [-0.15, -0.1) is 24.8 Å². The Hall–Kier alpha value is -2.61. The zero-order valence-electron chi connectivity index (χ0n) is 16.6. The number of nitrogens with zero attached hydrogens (tertiary/aromatic N) is 5. The van der Waals surface area contributed by atoms with Crippen molar-refractivity contribution < 1.29 is 14.9 Å². The number of pyridine rings is 2. The molecule has 3 N–H and O–H groups in total. The fraction of sp³-hybridized carbons (Fsp3) is 0.350. The van der Waals surface area contributed by atoms with Gasteiger partial charge in [0.25, 0.3) is 0 Å². The molecule has 0 amide bonds. The Kier molecular flexibility index (Phi) is 8.86. The Morgan fingerprint density at radius 1 is 1.23 bits per heavy atom. The van der Waals surface area contributed by atoms with Crippen molar-refractivity contribution in [3.05, 3.63) is 42.4 Å². The van der Waals surface area contributed by atoms with Gasteiger partial charge >= 0.3 is 0 Å². The minimum absolute atomic E-state index is 0. The summed E-state index contributed by atoms with van der Waals surface area (Å²) in [5, 5.41) is 35.6. The summed E-state index contributed by atoms with van der Waals surface area (Å²) < 4.78 is 7.18. The normalized spacial score (nSPS) is 14.3. The highest BCUT2D eigenvalue weighted by Crippen LogP contribution is 2.31. The van der Waals surface area contributed by atoms with Crippen molar-refractivity contribution in [2.24, 2.45) is 0 Å². The molecule has 11 heteroatoms. The van der Waals surface area contributed by atoms with Crippen molar-refractivity contribution in [3.8, 4) is 22.9 Å². The van der Waals surface area contributed by atoms with E-state index in [4.69, 9.17) is 9.84 Å². The summed E-state index contributed by atoms with van der Waals surface area (Å²) in [4.78, 5) is 6.84. The van der Waals surface area contributed by atoms with E-state index in [2.05, 4.69) is 26.4 Å². The van der Waals surface area contributed by atoms with Crippen LogP contribution >= 0.6 is 24.8 Å². The largest absolute Gasteiger partial charge is 0.489 e. The number of aromatic nitrogens is 3. The fourth-order valence-corrected chi connectivity index (χ4v) is 3.35. The molecule has 4 heterocycles. The van der Waals surface area contributed by atoms with Crippen LogP contribution in [0.5, 0.6) is 5.75 Å². The molecule has 3 aromatic rings. The van der Waals surface area contributed by atoms with Crippen LogP contribution in [0, 0.1) is 11.3 Å². The molecule has 3 aromatic heterocycles. The number of anilines is 1. The standard InChI is InChI=1S/C20H22N6O3.2ClH/c21-8-15-10-24-26-11-17(29-13-16(28)12-27)7-18(20(15)26)14-1-2-19(23-9-14)25-5-3-22-4-6-25;;/h1-2,7,9-11,16,22,27-28H,3-6,12-13H2;2*1H. The van der Waals surface area contributed by atoms with E-state index in [-0.39, 0.29) is 38.0 Å². The third-order valence-electron chi connectivity index (χ3n) is 4.86. The number of rotatable bonds is 6. The number of aliphatic hydroxyl groups excluding tert-OH is 2. The maximum atomic E-state index is 9.56. The van der Waals surface area contributed by atoms with Gasteiger partial charge in [-0.2, -0.15) is 10.4 Å². The quantitative estimate of drug-likeness (QED) is 0.496. The summed E-state index contributed by atoms with van der Waals surface area (Å²) in [5.41, 5.74) is 2.71. The summed E-state index contributed by atoms with van der Waals surface area (Å²) in [5.74, 6) is 1.39. The SMILES string of the molecule is Cl.Cl.N#Cc1cnn2cc(OCC(O)CO)cc(-c3ccc(N4CCNCC4)nc3)c12. The smallest absolute Gasteiger partial charge is 0.138 e. The first kappa shape index (κ1) is 24.7. The van der Waals surface area contributed by atoms with Gasteiger partial charge in [0.05, 0.1) is 30.1 Å². The molecular formula is C20H24Cl2N6O3. The van der Waals surface area contributed by atoms with Gasteiger partial charge in [0.1, 0.15) is 30.3 Å². The Morgan fingerprint density at radius 3 is 2.65 bits per heavy atom. The number of ether oxygens (including phenoxy) is 1. The van der Waals surface area contributed by atoms with Crippen molar-refractivity contribution in [1.29, 1.82) is 5.26 Å². The molecule has 1 saturated heterocycles. The molecule has 1 atom stereocenters. The van der Waals surface area contributed by atoms with E-state index >= 15 is 0 Å². The highest BCUT2D eigenvalue weighted by atomic mass is 35.5. The zero-order valence-corrected chi connectivity index (χ0v) is 18.3. The van der Waals surface area contributed by atoms with Crippen LogP contribution in [0.2, 0.25) is 0 Å². The molecule has 0 bridgehead atoms. The lowest BCUT2D eigenvalue weighted by molar-refractivity contribution is 0.0534. The molecule has 9 nitrogen and oxygen atoms in total. The monoisotopic (exact) mass is 466 g/mol. The zero-order chi connectivity index (χ0) is 20.2. The predicted molar refractivity (Wildman–Crippen MR) is 121 cm³/mol. The van der Waals surface area contributed by atoms with Crippen molar-refractivity contribution in [2.45, 2.75) is 6.10 Å². The van der Waals surface area contributed by atoms with E-state index in [9.17, 15) is 10.4 Å². The minimum atomic E-state index is -0.971. The van der Waals surface area contributed by atoms with Gasteiger partial charge in [0.2, 0.25) is 0 Å². The third-order valence-corrected chi connectivity index (χ3v) is 4.86. The van der Waals surface area contributed by atoms with Gasteiger partial charge in [-0.05, 0) is 18.2 Å². The van der Waals surface area contributed by atoms with E-state index < -0.39 is 6.10 Å². The van der Waals surface area contributed by atoms with Crippen LogP contribution in [0.15, 0.2) is 36.8 Å². The molecule has 4 rings (SSSR count). The second kappa shape index (κ2) is 11.1. The number of fused-ring (bicyclic) bond motifs is 1. The molecule has 0 saturated carbocycles. The first-order valence-corrected chi connectivity index (χ1v) is 9.45. The average molecular weight is 467 g/mol. The highest BCUT2D eigenvalue weighted by Gasteiger charge is 2.16. The summed E-state index contributed by atoms with van der Waals surface area (Å²) in [6.07, 6.45) is 3.97. The molecule has 1 unspecified atom stereocenters. The van der Waals surface area contributed by atoms with Crippen LogP contribution < -0.4 is 15.0 Å². The summed E-state index contributed by atoms with van der Waals surface area (Å²) in [7, 11) is 0. The topological polar surface area (TPSA) is 119 Å². The van der Waals surface area contributed by atoms with E-state index in [1.54, 1.807) is 23.0 Å². The second-order valence-corrected chi connectivity index (χ2v) is 6.84. The van der Waals surface area contributed by atoms with E-state index in [1.165, 1.54) is 6.20 Å². The third kappa shape index (κ3) is 5.36. The maximum Gasteiger partial charge on any atom is 0.138 e. The Bertz CT molecular complexity index is 1030. The van der Waals surface area contributed by atoms with Crippen LogP contribution in [-0.4, -0.2) is 70.3 Å². The lowest BCUT2D eigenvalue weighted by Gasteiger charge is -2.28. The van der Waals surface area contributed by atoms with Crippen LogP contribution in [0.1, 0.15) is 5.56 Å². The minimum Gasteiger partial charge on any atom is -0.489 e. The number of halogens is 2. The van der Waals surface area contributed by atoms with Crippen LogP contribution in [0.25, 0.3) is 16.6 Å². The first-order chi connectivity index (χ1) is 14.2. The van der Waals surface area contributed by atoms with E-state index in [0.29, 0.717) is 16.8 Å². The van der Waals surface area contributed by atoms with Gasteiger partial charge in [0.15, 0.2) is 0 Å². The Morgan fingerprint density at radius 2 is 2.00 bits per heavy atom. The number of hydrogen-bond acceptors (Lipinski definition) is 8. The molecule has 0 aliphatic carbocycles. The lowest BCUT2D eigenvalue weighted by Crippen LogP contribution is -2.43. The maximum absolute atomic E-state index is 9.56. The molecule has 31 heavy (non-hydrogen) atoms. The highest BCUT2D eigenvalue weighted by molar-refractivity contribution is 5.86. The van der Waals surface area contributed by atoms with E-state index in [1.807, 2.05) is 12.1 Å². The molecule has 1 fully saturated rings. The van der Waals surface area contributed by atoms with Gasteiger partial charge in [-0.25, -0.2) is 9.50 Å². The van der Waals surface area contributed by atoms with Gasteiger partial charge in [-0.1, -0.05) is 0 Å². The van der Waals surface area contributed by atoms with Gasteiger partial charge in [-0.3, -0.25) is 0 Å². The summed E-state index contributed by atoms with van der Waals surface area (Å²) in [6.45, 7) is 3.26. The van der Waals surface area contributed by atoms with Crippen molar-refractivity contribution in [1.82, 2.24) is 19.9 Å². The number of hydrogen-bond donors (Lipinski definition) is 3. The molecule has 0 radical (unpaired) electrons. The molecule has 0 aromatic carbocycles.